The molecule has 3 aromatic rings. The largest absolute Gasteiger partial charge is 0.490 e. The van der Waals surface area contributed by atoms with Gasteiger partial charge in [-0.25, -0.2) is 0 Å². The molecular weight excluding hydrogens is 623 g/mol. The van der Waals surface area contributed by atoms with Crippen molar-refractivity contribution in [2.45, 2.75) is 83.4 Å². The van der Waals surface area contributed by atoms with Crippen LogP contribution < -0.4 is 10.1 Å². The number of nitrogens with one attached hydrogen (secondary N) is 1. The number of likely N-dealkylation sites (tertiary alicyclic amines) is 1. The van der Waals surface area contributed by atoms with E-state index in [1.165, 1.54) is 17.5 Å². The van der Waals surface area contributed by atoms with Gasteiger partial charge in [0.2, 0.25) is 0 Å². The summed E-state index contributed by atoms with van der Waals surface area (Å²) < 4.78 is 6.50. The van der Waals surface area contributed by atoms with Crippen LogP contribution in [0.4, 0.5) is 0 Å². The molecule has 1 amide bonds. The van der Waals surface area contributed by atoms with E-state index in [-0.39, 0.29) is 18.1 Å². The van der Waals surface area contributed by atoms with E-state index >= 15 is 0 Å². The Balaban J connectivity index is 1.11. The number of carbonyl (C=O) groups is 1. The van der Waals surface area contributed by atoms with E-state index in [1.54, 1.807) is 0 Å². The number of piperidine rings is 1. The fraction of sp³-hybridized carbons (Fsp3) is 0.447. The van der Waals surface area contributed by atoms with E-state index in [4.69, 9.17) is 39.5 Å². The predicted octanol–water partition coefficient (Wildman–Crippen LogP) is 9.98. The molecule has 0 aromatic heterocycles. The first-order valence-corrected chi connectivity index (χ1v) is 17.5. The van der Waals surface area contributed by atoms with E-state index in [2.05, 4.69) is 35.9 Å². The van der Waals surface area contributed by atoms with E-state index in [0.717, 1.165) is 80.9 Å². The van der Waals surface area contributed by atoms with Crippen molar-refractivity contribution in [3.63, 3.8) is 0 Å². The van der Waals surface area contributed by atoms with Crippen LogP contribution >= 0.6 is 34.8 Å². The lowest BCUT2D eigenvalue weighted by molar-refractivity contribution is 0.0930. The number of hydrogen-bond donors (Lipinski definition) is 1. The Bertz CT molecular complexity index is 1440. The number of halogens is 3. The highest BCUT2D eigenvalue weighted by Gasteiger charge is 2.26. The molecule has 1 saturated carbocycles. The van der Waals surface area contributed by atoms with Crippen LogP contribution in [0, 0.1) is 11.8 Å². The fourth-order valence-corrected chi connectivity index (χ4v) is 7.33. The van der Waals surface area contributed by atoms with Crippen molar-refractivity contribution < 1.29 is 9.53 Å². The molecule has 0 bridgehead atoms. The van der Waals surface area contributed by atoms with Crippen LogP contribution in [0.15, 0.2) is 73.3 Å². The molecule has 5 rings (SSSR count). The Labute approximate surface area is 284 Å². The zero-order chi connectivity index (χ0) is 31.8. The van der Waals surface area contributed by atoms with Crippen LogP contribution in [0.1, 0.15) is 78.9 Å². The third-order valence-electron chi connectivity index (χ3n) is 9.53. The summed E-state index contributed by atoms with van der Waals surface area (Å²) in [5, 5.41) is 5.31. The van der Waals surface area contributed by atoms with Crippen LogP contribution in [-0.2, 0) is 19.4 Å². The highest BCUT2D eigenvalue weighted by Crippen LogP contribution is 2.32. The molecule has 1 N–H and O–H groups in total. The summed E-state index contributed by atoms with van der Waals surface area (Å²) in [5.74, 6) is 2.12. The van der Waals surface area contributed by atoms with Crippen molar-refractivity contribution >= 4 is 40.7 Å². The third kappa shape index (κ3) is 9.75. The van der Waals surface area contributed by atoms with Gasteiger partial charge in [0, 0.05) is 36.3 Å². The van der Waals surface area contributed by atoms with Crippen molar-refractivity contribution in [2.75, 3.05) is 13.1 Å². The van der Waals surface area contributed by atoms with Gasteiger partial charge in [-0.05, 0) is 116 Å². The van der Waals surface area contributed by atoms with Crippen molar-refractivity contribution in [3.8, 4) is 5.75 Å². The molecule has 240 valence electrons. The molecule has 0 radical (unpaired) electrons. The van der Waals surface area contributed by atoms with Gasteiger partial charge < -0.3 is 10.1 Å². The van der Waals surface area contributed by atoms with E-state index < -0.39 is 0 Å². The van der Waals surface area contributed by atoms with Gasteiger partial charge in [0.05, 0.1) is 10.0 Å². The molecule has 1 saturated heterocycles. The van der Waals surface area contributed by atoms with Crippen molar-refractivity contribution in [1.82, 2.24) is 10.2 Å². The van der Waals surface area contributed by atoms with Gasteiger partial charge in [-0.2, -0.15) is 0 Å². The number of ether oxygens (including phenoxy) is 1. The SMILES string of the molecule is C=CCc1cc(C(=O)NC2CCCC(C(C)Cc3ccc(Cl)cc3)CC2)ccc1OC1CCN(Cc2ccc(Cl)c(Cl)c2)CC1. The molecule has 45 heavy (non-hydrogen) atoms. The predicted molar refractivity (Wildman–Crippen MR) is 188 cm³/mol. The normalized spacial score (nSPS) is 20.3. The zero-order valence-electron chi connectivity index (χ0n) is 26.3. The van der Waals surface area contributed by atoms with Gasteiger partial charge in [0.15, 0.2) is 0 Å². The van der Waals surface area contributed by atoms with Gasteiger partial charge in [-0.3, -0.25) is 9.69 Å². The first kappa shape index (κ1) is 33.9. The zero-order valence-corrected chi connectivity index (χ0v) is 28.5. The minimum Gasteiger partial charge on any atom is -0.490 e. The number of amides is 1. The Morgan fingerprint density at radius 3 is 2.42 bits per heavy atom. The quantitative estimate of drug-likeness (QED) is 0.163. The highest BCUT2D eigenvalue weighted by molar-refractivity contribution is 6.42. The van der Waals surface area contributed by atoms with Gasteiger partial charge in [0.1, 0.15) is 11.9 Å². The van der Waals surface area contributed by atoms with Crippen LogP contribution in [0.3, 0.4) is 0 Å². The minimum absolute atomic E-state index is 0.000126. The monoisotopic (exact) mass is 666 g/mol. The highest BCUT2D eigenvalue weighted by atomic mass is 35.5. The molecule has 3 atom stereocenters. The van der Waals surface area contributed by atoms with E-state index in [9.17, 15) is 4.79 Å². The van der Waals surface area contributed by atoms with Gasteiger partial charge in [-0.15, -0.1) is 6.58 Å². The lowest BCUT2D eigenvalue weighted by atomic mass is 9.83. The topological polar surface area (TPSA) is 41.6 Å². The first-order valence-electron chi connectivity index (χ1n) is 16.4. The Hall–Kier alpha value is -2.50. The average Bonchev–Trinajstić information content (AvgIpc) is 3.27. The summed E-state index contributed by atoms with van der Waals surface area (Å²) in [6.07, 6.45) is 11.2. The van der Waals surface area contributed by atoms with Gasteiger partial charge in [-0.1, -0.05) is 78.8 Å². The maximum absolute atomic E-state index is 13.4. The molecule has 2 aliphatic rings. The van der Waals surface area contributed by atoms with Crippen molar-refractivity contribution in [3.05, 3.63) is 111 Å². The maximum atomic E-state index is 13.4. The minimum atomic E-state index is 0.000126. The molecule has 1 heterocycles. The van der Waals surface area contributed by atoms with Gasteiger partial charge in [0.25, 0.3) is 5.91 Å². The number of rotatable bonds is 11. The van der Waals surface area contributed by atoms with E-state index in [0.29, 0.717) is 33.9 Å². The van der Waals surface area contributed by atoms with Crippen molar-refractivity contribution in [1.29, 1.82) is 0 Å². The summed E-state index contributed by atoms with van der Waals surface area (Å²) in [6, 6.07) is 20.1. The molecule has 1 aliphatic carbocycles. The Morgan fingerprint density at radius 2 is 1.69 bits per heavy atom. The van der Waals surface area contributed by atoms with Crippen LogP contribution in [-0.4, -0.2) is 36.0 Å². The molecule has 4 nitrogen and oxygen atoms in total. The maximum Gasteiger partial charge on any atom is 0.251 e. The lowest BCUT2D eigenvalue weighted by Gasteiger charge is -2.32. The number of nitrogens with zero attached hydrogens (tertiary/aromatic N) is 1. The standard InChI is InChI=1S/C38H45Cl3N2O2/c1-3-5-30-24-31(12-17-37(30)45-34-18-20-43(21-19-34)25-28-10-16-35(40)36(41)23-28)38(44)42-33-7-4-6-29(11-15-33)26(2)22-27-8-13-32(39)14-9-27/h3,8-10,12-14,16-17,23-24,26,29,33-34H,1,4-7,11,15,18-22,25H2,2H3,(H,42,44). The Morgan fingerprint density at radius 1 is 0.933 bits per heavy atom. The summed E-state index contributed by atoms with van der Waals surface area (Å²) >= 11 is 18.4. The number of benzene rings is 3. The second kappa shape index (κ2) is 16.4. The number of carbonyl (C=O) groups excluding carboxylic acids is 1. The van der Waals surface area contributed by atoms with Gasteiger partial charge >= 0.3 is 0 Å². The molecule has 3 aromatic carbocycles. The molecular formula is C38H45Cl3N2O2. The Kier molecular flexibility index (Phi) is 12.3. The second-order valence-corrected chi connectivity index (χ2v) is 14.2. The smallest absolute Gasteiger partial charge is 0.251 e. The van der Waals surface area contributed by atoms with Crippen LogP contribution in [0.25, 0.3) is 0 Å². The summed E-state index contributed by atoms with van der Waals surface area (Å²) in [4.78, 5) is 15.8. The lowest BCUT2D eigenvalue weighted by Crippen LogP contribution is -2.38. The summed E-state index contributed by atoms with van der Waals surface area (Å²) in [5.41, 5.74) is 4.20. The average molecular weight is 668 g/mol. The van der Waals surface area contributed by atoms with Crippen molar-refractivity contribution in [2.24, 2.45) is 11.8 Å². The molecule has 7 heteroatoms. The number of hydrogen-bond acceptors (Lipinski definition) is 3. The van der Waals surface area contributed by atoms with Crippen LogP contribution in [0.5, 0.6) is 5.75 Å². The van der Waals surface area contributed by atoms with Crippen LogP contribution in [0.2, 0.25) is 15.1 Å². The first-order chi connectivity index (χ1) is 21.8. The second-order valence-electron chi connectivity index (χ2n) is 12.9. The molecule has 2 fully saturated rings. The molecule has 1 aliphatic heterocycles. The fourth-order valence-electron chi connectivity index (χ4n) is 6.88. The summed E-state index contributed by atoms with van der Waals surface area (Å²) in [7, 11) is 0. The van der Waals surface area contributed by atoms with E-state index in [1.807, 2.05) is 54.6 Å². The molecule has 3 unspecified atom stereocenters. The summed E-state index contributed by atoms with van der Waals surface area (Å²) in [6.45, 7) is 9.06. The third-order valence-corrected chi connectivity index (χ3v) is 10.5. The molecule has 0 spiro atoms. The number of allylic oxidation sites excluding steroid dienone is 1.